The molecule has 1 aliphatic heterocycles. The molecule has 1 fully saturated rings. The van der Waals surface area contributed by atoms with E-state index >= 15 is 0 Å². The van der Waals surface area contributed by atoms with Gasteiger partial charge in [-0.1, -0.05) is 30.3 Å². The summed E-state index contributed by atoms with van der Waals surface area (Å²) in [4.78, 5) is 26.9. The maximum atomic E-state index is 12.9. The second-order valence-electron chi connectivity index (χ2n) is 7.49. The highest BCUT2D eigenvalue weighted by atomic mass is 19.1. The largest absolute Gasteiger partial charge is 0.354 e. The number of likely N-dealkylation sites (tertiary alicyclic amines) is 1. The average molecular weight is 397 g/mol. The summed E-state index contributed by atoms with van der Waals surface area (Å²) in [5, 5.41) is 6.05. The van der Waals surface area contributed by atoms with Crippen LogP contribution < -0.4 is 10.6 Å². The van der Waals surface area contributed by atoms with Gasteiger partial charge in [-0.25, -0.2) is 4.39 Å². The molecule has 0 aliphatic carbocycles. The van der Waals surface area contributed by atoms with Gasteiger partial charge in [0.2, 0.25) is 5.91 Å². The molecule has 5 nitrogen and oxygen atoms in total. The number of carbonyl (C=O) groups excluding carboxylic acids is 2. The van der Waals surface area contributed by atoms with Crippen molar-refractivity contribution in [2.45, 2.75) is 38.3 Å². The van der Waals surface area contributed by atoms with Crippen molar-refractivity contribution in [1.29, 1.82) is 0 Å². The number of amides is 2. The van der Waals surface area contributed by atoms with Gasteiger partial charge in [-0.05, 0) is 56.0 Å². The third-order valence-corrected chi connectivity index (χ3v) is 5.45. The van der Waals surface area contributed by atoms with Gasteiger partial charge in [-0.15, -0.1) is 0 Å². The minimum Gasteiger partial charge on any atom is -0.354 e. The Balaban J connectivity index is 1.38. The molecule has 0 radical (unpaired) electrons. The molecule has 3 rings (SSSR count). The molecular formula is C23H28FN3O2. The summed E-state index contributed by atoms with van der Waals surface area (Å²) in [7, 11) is 0. The van der Waals surface area contributed by atoms with E-state index in [1.807, 2.05) is 37.3 Å². The third-order valence-electron chi connectivity index (χ3n) is 5.45. The van der Waals surface area contributed by atoms with E-state index in [0.29, 0.717) is 18.5 Å². The molecule has 2 amide bonds. The number of hydrogen-bond donors (Lipinski definition) is 2. The normalized spacial score (nSPS) is 16.2. The van der Waals surface area contributed by atoms with E-state index in [4.69, 9.17) is 0 Å². The lowest BCUT2D eigenvalue weighted by Crippen LogP contribution is -2.51. The minimum absolute atomic E-state index is 0.00103. The lowest BCUT2D eigenvalue weighted by atomic mass is 10.0. The van der Waals surface area contributed by atoms with E-state index in [0.717, 1.165) is 31.5 Å². The van der Waals surface area contributed by atoms with E-state index in [1.54, 1.807) is 12.1 Å². The van der Waals surface area contributed by atoms with Gasteiger partial charge in [-0.3, -0.25) is 14.5 Å². The molecule has 6 heteroatoms. The molecule has 29 heavy (non-hydrogen) atoms. The zero-order valence-electron chi connectivity index (χ0n) is 16.7. The maximum absolute atomic E-state index is 12.9. The van der Waals surface area contributed by atoms with Crippen LogP contribution in [0.4, 0.5) is 4.39 Å². The van der Waals surface area contributed by atoms with Gasteiger partial charge in [-0.2, -0.15) is 0 Å². The van der Waals surface area contributed by atoms with Crippen LogP contribution in [0, 0.1) is 5.82 Å². The Morgan fingerprint density at radius 2 is 1.72 bits per heavy atom. The van der Waals surface area contributed by atoms with Gasteiger partial charge in [0.05, 0.1) is 6.04 Å². The number of piperidine rings is 1. The Morgan fingerprint density at radius 3 is 2.38 bits per heavy atom. The number of halogens is 1. The number of hydrogen-bond acceptors (Lipinski definition) is 3. The van der Waals surface area contributed by atoms with Gasteiger partial charge in [0, 0.05) is 31.2 Å². The lowest BCUT2D eigenvalue weighted by molar-refractivity contribution is -0.126. The van der Waals surface area contributed by atoms with Crippen LogP contribution in [0.15, 0.2) is 54.6 Å². The van der Waals surface area contributed by atoms with Crippen molar-refractivity contribution in [3.63, 3.8) is 0 Å². The standard InChI is InChI=1S/C23H28FN3O2/c1-17(22(28)25-14-11-18-7-9-20(24)10-8-18)27-15-12-21(13-16-27)26-23(29)19-5-3-2-4-6-19/h2-10,17,21H,11-16H2,1H3,(H,25,28)(H,26,29). The average Bonchev–Trinajstić information content (AvgIpc) is 2.75. The zero-order valence-corrected chi connectivity index (χ0v) is 16.7. The zero-order chi connectivity index (χ0) is 20.6. The first-order valence-corrected chi connectivity index (χ1v) is 10.1. The van der Waals surface area contributed by atoms with Crippen molar-refractivity contribution in [2.24, 2.45) is 0 Å². The lowest BCUT2D eigenvalue weighted by Gasteiger charge is -2.35. The van der Waals surface area contributed by atoms with Gasteiger partial charge in [0.1, 0.15) is 5.82 Å². The first-order chi connectivity index (χ1) is 14.0. The summed E-state index contributed by atoms with van der Waals surface area (Å²) in [6.07, 6.45) is 2.32. The fourth-order valence-corrected chi connectivity index (χ4v) is 3.58. The number of nitrogens with zero attached hydrogens (tertiary/aromatic N) is 1. The molecule has 2 N–H and O–H groups in total. The van der Waals surface area contributed by atoms with E-state index in [-0.39, 0.29) is 29.7 Å². The Morgan fingerprint density at radius 1 is 1.07 bits per heavy atom. The fraction of sp³-hybridized carbons (Fsp3) is 0.391. The Kier molecular flexibility index (Phi) is 7.36. The fourth-order valence-electron chi connectivity index (χ4n) is 3.58. The highest BCUT2D eigenvalue weighted by Crippen LogP contribution is 2.14. The molecule has 1 unspecified atom stereocenters. The Labute approximate surface area is 171 Å². The topological polar surface area (TPSA) is 61.4 Å². The van der Waals surface area contributed by atoms with E-state index < -0.39 is 0 Å². The van der Waals surface area contributed by atoms with Crippen LogP contribution in [0.2, 0.25) is 0 Å². The molecule has 0 saturated carbocycles. The SMILES string of the molecule is CC(C(=O)NCCc1ccc(F)cc1)N1CCC(NC(=O)c2ccccc2)CC1. The molecule has 1 atom stereocenters. The molecule has 0 spiro atoms. The Bertz CT molecular complexity index is 803. The molecule has 0 bridgehead atoms. The minimum atomic E-state index is -0.255. The van der Waals surface area contributed by atoms with E-state index in [9.17, 15) is 14.0 Å². The summed E-state index contributed by atoms with van der Waals surface area (Å²) in [5.74, 6) is -0.302. The number of rotatable bonds is 7. The monoisotopic (exact) mass is 397 g/mol. The quantitative estimate of drug-likeness (QED) is 0.755. The summed E-state index contributed by atoms with van der Waals surface area (Å²) in [6.45, 7) is 3.98. The number of nitrogens with one attached hydrogen (secondary N) is 2. The van der Waals surface area contributed by atoms with Gasteiger partial charge in [0.25, 0.3) is 5.91 Å². The van der Waals surface area contributed by atoms with Crippen LogP contribution in [-0.2, 0) is 11.2 Å². The third kappa shape index (κ3) is 6.12. The Hall–Kier alpha value is -2.73. The van der Waals surface area contributed by atoms with Crippen molar-refractivity contribution >= 4 is 11.8 Å². The van der Waals surface area contributed by atoms with Crippen molar-refractivity contribution in [3.05, 3.63) is 71.5 Å². The molecular weight excluding hydrogens is 369 g/mol. The van der Waals surface area contributed by atoms with Crippen LogP contribution in [0.1, 0.15) is 35.7 Å². The molecule has 1 heterocycles. The van der Waals surface area contributed by atoms with Gasteiger partial charge < -0.3 is 10.6 Å². The predicted molar refractivity (Wildman–Crippen MR) is 111 cm³/mol. The van der Waals surface area contributed by atoms with Crippen molar-refractivity contribution in [1.82, 2.24) is 15.5 Å². The highest BCUT2D eigenvalue weighted by Gasteiger charge is 2.27. The summed E-state index contributed by atoms with van der Waals surface area (Å²) in [5.41, 5.74) is 1.66. The first kappa shape index (κ1) is 21.0. The van der Waals surface area contributed by atoms with Gasteiger partial charge in [0.15, 0.2) is 0 Å². The molecule has 1 aliphatic rings. The first-order valence-electron chi connectivity index (χ1n) is 10.1. The molecule has 2 aromatic carbocycles. The molecule has 154 valence electrons. The summed E-state index contributed by atoms with van der Waals surface area (Å²) < 4.78 is 12.9. The molecule has 0 aromatic heterocycles. The maximum Gasteiger partial charge on any atom is 0.251 e. The van der Waals surface area contributed by atoms with E-state index in [1.165, 1.54) is 12.1 Å². The highest BCUT2D eigenvalue weighted by molar-refractivity contribution is 5.94. The molecule has 2 aromatic rings. The van der Waals surface area contributed by atoms with Gasteiger partial charge >= 0.3 is 0 Å². The smallest absolute Gasteiger partial charge is 0.251 e. The van der Waals surface area contributed by atoms with Crippen molar-refractivity contribution < 1.29 is 14.0 Å². The second-order valence-corrected chi connectivity index (χ2v) is 7.49. The van der Waals surface area contributed by atoms with Crippen LogP contribution in [-0.4, -0.2) is 48.4 Å². The number of benzene rings is 2. The number of carbonyl (C=O) groups is 2. The summed E-state index contributed by atoms with van der Waals surface area (Å²) >= 11 is 0. The van der Waals surface area contributed by atoms with Crippen molar-refractivity contribution in [3.8, 4) is 0 Å². The summed E-state index contributed by atoms with van der Waals surface area (Å²) in [6, 6.07) is 15.5. The van der Waals surface area contributed by atoms with Crippen LogP contribution in [0.5, 0.6) is 0 Å². The predicted octanol–water partition coefficient (Wildman–Crippen LogP) is 2.77. The van der Waals surface area contributed by atoms with Crippen LogP contribution >= 0.6 is 0 Å². The van der Waals surface area contributed by atoms with E-state index in [2.05, 4.69) is 15.5 Å². The molecule has 1 saturated heterocycles. The second kappa shape index (κ2) is 10.2. The van der Waals surface area contributed by atoms with Crippen LogP contribution in [0.25, 0.3) is 0 Å². The van der Waals surface area contributed by atoms with Crippen LogP contribution in [0.3, 0.4) is 0 Å². The van der Waals surface area contributed by atoms with Crippen molar-refractivity contribution in [2.75, 3.05) is 19.6 Å².